The van der Waals surface area contributed by atoms with Crippen LogP contribution in [0, 0.1) is 32.1 Å². The second-order valence-electron chi connectivity index (χ2n) is 7.11. The number of nitrogens with one attached hydrogen (secondary N) is 1. The highest BCUT2D eigenvalue weighted by atomic mass is 16.1. The Bertz CT molecular complexity index is 1090. The smallest absolute Gasteiger partial charge is 0.224 e. The first-order valence-electron chi connectivity index (χ1n) is 9.13. The number of anilines is 2. The summed E-state index contributed by atoms with van der Waals surface area (Å²) in [5.41, 5.74) is 6.66. The first kappa shape index (κ1) is 19.4. The molecule has 0 aliphatic carbocycles. The van der Waals surface area contributed by atoms with Crippen LogP contribution >= 0.6 is 0 Å². The molecule has 1 aromatic carbocycles. The number of aromatic nitrogens is 3. The molecule has 144 valence electrons. The highest BCUT2D eigenvalue weighted by Gasteiger charge is 2.15. The fourth-order valence-corrected chi connectivity index (χ4v) is 3.27. The molecule has 7 heteroatoms. The number of amides is 1. The summed E-state index contributed by atoms with van der Waals surface area (Å²) < 4.78 is 1.67. The molecular formula is C21H24N6O. The minimum Gasteiger partial charge on any atom is -0.378 e. The number of carbonyl (C=O) groups excluding carboxylic acids is 1. The van der Waals surface area contributed by atoms with E-state index in [-0.39, 0.29) is 5.91 Å². The molecule has 0 aliphatic heterocycles. The lowest BCUT2D eigenvalue weighted by Crippen LogP contribution is -2.15. The van der Waals surface area contributed by atoms with Crippen LogP contribution in [0.4, 0.5) is 11.4 Å². The van der Waals surface area contributed by atoms with Gasteiger partial charge in [-0.3, -0.25) is 4.79 Å². The zero-order chi connectivity index (χ0) is 20.4. The van der Waals surface area contributed by atoms with E-state index in [1.165, 1.54) is 6.20 Å². The van der Waals surface area contributed by atoms with Crippen LogP contribution < -0.4 is 10.2 Å². The molecular weight excluding hydrogens is 352 g/mol. The number of aryl methyl sites for hydroxylation is 3. The molecule has 0 aliphatic rings. The molecule has 3 rings (SSSR count). The molecule has 2 heterocycles. The van der Waals surface area contributed by atoms with Crippen LogP contribution in [0.3, 0.4) is 0 Å². The topological polar surface area (TPSA) is 86.3 Å². The van der Waals surface area contributed by atoms with Gasteiger partial charge in [0.05, 0.1) is 6.20 Å². The molecule has 1 amide bonds. The second-order valence-corrected chi connectivity index (χ2v) is 7.11. The number of benzene rings is 1. The van der Waals surface area contributed by atoms with Crippen molar-refractivity contribution in [2.45, 2.75) is 33.6 Å². The molecule has 7 nitrogen and oxygen atoms in total. The molecule has 0 saturated heterocycles. The molecule has 0 spiro atoms. The molecule has 0 fully saturated rings. The largest absolute Gasteiger partial charge is 0.378 e. The van der Waals surface area contributed by atoms with Crippen molar-refractivity contribution in [3.05, 3.63) is 52.5 Å². The van der Waals surface area contributed by atoms with Gasteiger partial charge in [-0.15, -0.1) is 0 Å². The quantitative estimate of drug-likeness (QED) is 0.739. The maximum absolute atomic E-state index is 12.5. The average Bonchev–Trinajstić information content (AvgIpc) is 3.06. The van der Waals surface area contributed by atoms with E-state index in [9.17, 15) is 4.79 Å². The summed E-state index contributed by atoms with van der Waals surface area (Å²) >= 11 is 0. The molecule has 0 bridgehead atoms. The highest BCUT2D eigenvalue weighted by molar-refractivity contribution is 5.92. The molecule has 2 aromatic heterocycles. The lowest BCUT2D eigenvalue weighted by atomic mass is 10.1. The van der Waals surface area contributed by atoms with Gasteiger partial charge >= 0.3 is 0 Å². The molecule has 0 atom stereocenters. The molecule has 0 unspecified atom stereocenters. The van der Waals surface area contributed by atoms with Crippen LogP contribution in [0.15, 0.2) is 24.4 Å². The lowest BCUT2D eigenvalue weighted by Gasteiger charge is -2.16. The Balaban J connectivity index is 1.74. The normalized spacial score (nSPS) is 10.7. The van der Waals surface area contributed by atoms with Gasteiger partial charge < -0.3 is 10.2 Å². The molecule has 0 radical (unpaired) electrons. The Hall–Kier alpha value is -3.40. The van der Waals surface area contributed by atoms with E-state index in [2.05, 4.69) is 21.5 Å². The van der Waals surface area contributed by atoms with Crippen molar-refractivity contribution >= 4 is 22.9 Å². The number of hydrogen-bond donors (Lipinski definition) is 1. The van der Waals surface area contributed by atoms with Crippen LogP contribution in [0.2, 0.25) is 0 Å². The molecule has 28 heavy (non-hydrogen) atoms. The molecule has 0 saturated carbocycles. The van der Waals surface area contributed by atoms with Crippen LogP contribution in [0.5, 0.6) is 0 Å². The van der Waals surface area contributed by atoms with Gasteiger partial charge in [-0.1, -0.05) is 0 Å². The number of nitrogens with zero attached hydrogens (tertiary/aromatic N) is 5. The van der Waals surface area contributed by atoms with E-state index in [0.717, 1.165) is 33.9 Å². The van der Waals surface area contributed by atoms with Gasteiger partial charge in [-0.25, -0.2) is 9.50 Å². The highest BCUT2D eigenvalue weighted by Crippen LogP contribution is 2.22. The van der Waals surface area contributed by atoms with Gasteiger partial charge in [0, 0.05) is 43.3 Å². The minimum atomic E-state index is -0.0437. The number of rotatable bonds is 5. The SMILES string of the molecule is Cc1cc(N(C)C)ccc1NC(=O)CCc1c(C)nc2c(C#N)cnn2c1C. The van der Waals surface area contributed by atoms with Gasteiger partial charge in [-0.05, 0) is 56.5 Å². The van der Waals surface area contributed by atoms with Crippen LogP contribution in [0.25, 0.3) is 5.65 Å². The Kier molecular flexibility index (Phi) is 5.32. The Morgan fingerprint density at radius 2 is 2.04 bits per heavy atom. The minimum absolute atomic E-state index is 0.0437. The number of carbonyl (C=O) groups is 1. The third-order valence-corrected chi connectivity index (χ3v) is 4.93. The van der Waals surface area contributed by atoms with Crippen LogP contribution in [0.1, 0.15) is 34.5 Å². The van der Waals surface area contributed by atoms with Crippen molar-refractivity contribution in [2.75, 3.05) is 24.3 Å². The van der Waals surface area contributed by atoms with Gasteiger partial charge in [-0.2, -0.15) is 10.4 Å². The summed E-state index contributed by atoms with van der Waals surface area (Å²) in [6.07, 6.45) is 2.42. The van der Waals surface area contributed by atoms with Crippen molar-refractivity contribution in [1.82, 2.24) is 14.6 Å². The van der Waals surface area contributed by atoms with Crippen molar-refractivity contribution < 1.29 is 4.79 Å². The second kappa shape index (κ2) is 7.69. The van der Waals surface area contributed by atoms with Crippen molar-refractivity contribution in [3.8, 4) is 6.07 Å². The van der Waals surface area contributed by atoms with E-state index in [0.29, 0.717) is 24.1 Å². The van der Waals surface area contributed by atoms with E-state index >= 15 is 0 Å². The molecule has 1 N–H and O–H groups in total. The van der Waals surface area contributed by atoms with E-state index < -0.39 is 0 Å². The molecule has 3 aromatic rings. The van der Waals surface area contributed by atoms with Crippen molar-refractivity contribution in [3.63, 3.8) is 0 Å². The average molecular weight is 376 g/mol. The fraction of sp³-hybridized carbons (Fsp3) is 0.333. The number of hydrogen-bond acceptors (Lipinski definition) is 5. The van der Waals surface area contributed by atoms with E-state index in [1.807, 2.05) is 58.0 Å². The van der Waals surface area contributed by atoms with E-state index in [1.54, 1.807) is 4.52 Å². The maximum atomic E-state index is 12.5. The Labute approximate surface area is 164 Å². The first-order valence-corrected chi connectivity index (χ1v) is 9.13. The monoisotopic (exact) mass is 376 g/mol. The van der Waals surface area contributed by atoms with Gasteiger partial charge in [0.25, 0.3) is 0 Å². The number of fused-ring (bicyclic) bond motifs is 1. The van der Waals surface area contributed by atoms with Crippen molar-refractivity contribution in [1.29, 1.82) is 5.26 Å². The zero-order valence-corrected chi connectivity index (χ0v) is 16.9. The standard InChI is InChI=1S/C21H24N6O/c1-13-10-17(26(4)5)6-8-19(13)25-20(28)9-7-18-14(2)24-21-16(11-22)12-23-27(21)15(18)3/h6,8,10,12H,7,9H2,1-5H3,(H,25,28). The third-order valence-electron chi connectivity index (χ3n) is 4.93. The van der Waals surface area contributed by atoms with Gasteiger partial charge in [0.2, 0.25) is 5.91 Å². The third kappa shape index (κ3) is 3.67. The number of nitriles is 1. The summed E-state index contributed by atoms with van der Waals surface area (Å²) in [5, 5.41) is 16.4. The summed E-state index contributed by atoms with van der Waals surface area (Å²) in [7, 11) is 3.98. The lowest BCUT2D eigenvalue weighted by molar-refractivity contribution is -0.116. The zero-order valence-electron chi connectivity index (χ0n) is 16.9. The van der Waals surface area contributed by atoms with Gasteiger partial charge in [0.15, 0.2) is 5.65 Å². The maximum Gasteiger partial charge on any atom is 0.224 e. The van der Waals surface area contributed by atoms with Crippen LogP contribution in [-0.2, 0) is 11.2 Å². The summed E-state index contributed by atoms with van der Waals surface area (Å²) in [6.45, 7) is 5.82. The van der Waals surface area contributed by atoms with E-state index in [4.69, 9.17) is 5.26 Å². The Morgan fingerprint density at radius 3 is 2.68 bits per heavy atom. The summed E-state index contributed by atoms with van der Waals surface area (Å²) in [4.78, 5) is 19.0. The summed E-state index contributed by atoms with van der Waals surface area (Å²) in [5.74, 6) is -0.0437. The summed E-state index contributed by atoms with van der Waals surface area (Å²) in [6, 6.07) is 8.07. The first-order chi connectivity index (χ1) is 13.3. The predicted octanol–water partition coefficient (Wildman–Crippen LogP) is 3.16. The predicted molar refractivity (Wildman–Crippen MR) is 110 cm³/mol. The Morgan fingerprint density at radius 1 is 1.29 bits per heavy atom. The van der Waals surface area contributed by atoms with Crippen molar-refractivity contribution in [2.24, 2.45) is 0 Å². The van der Waals surface area contributed by atoms with Crippen LogP contribution in [-0.4, -0.2) is 34.6 Å². The van der Waals surface area contributed by atoms with Gasteiger partial charge in [0.1, 0.15) is 11.6 Å². The fourth-order valence-electron chi connectivity index (χ4n) is 3.27.